The molecular weight excluding hydrogens is 499 g/mol. The van der Waals surface area contributed by atoms with Crippen LogP contribution in [-0.4, -0.2) is 33.5 Å². The Morgan fingerprint density at radius 2 is 1.75 bits per heavy atom. The molecule has 0 aromatic carbocycles. The topological polar surface area (TPSA) is 115 Å². The second kappa shape index (κ2) is 8.60. The molecule has 5 aliphatic carbocycles. The van der Waals surface area contributed by atoms with E-state index in [1.807, 2.05) is 0 Å². The number of amides is 1. The van der Waals surface area contributed by atoms with Crippen LogP contribution in [0.1, 0.15) is 67.1 Å². The average molecular weight is 524 g/mol. The van der Waals surface area contributed by atoms with Crippen LogP contribution in [0.3, 0.4) is 0 Å². The lowest BCUT2D eigenvalue weighted by atomic mass is 9.70. The normalized spacial score (nSPS) is 25.6. The van der Waals surface area contributed by atoms with Gasteiger partial charge in [-0.2, -0.15) is 18.2 Å². The molecule has 1 atom stereocenters. The zero-order chi connectivity index (χ0) is 25.2. The van der Waals surface area contributed by atoms with Gasteiger partial charge in [0.2, 0.25) is 0 Å². The van der Waals surface area contributed by atoms with Crippen LogP contribution in [0, 0.1) is 17.8 Å². The summed E-state index contributed by atoms with van der Waals surface area (Å²) in [6.45, 7) is 0. The number of hydrogen-bond acceptors (Lipinski definition) is 7. The first-order valence-corrected chi connectivity index (χ1v) is 13.0. The van der Waals surface area contributed by atoms with Gasteiger partial charge in [0.1, 0.15) is 10.8 Å². The lowest BCUT2D eigenvalue weighted by Crippen LogP contribution is -2.34. The fraction of sp³-hybridized carbons (Fsp3) is 0.583. The van der Waals surface area contributed by atoms with Gasteiger partial charge in [-0.05, 0) is 69.3 Å². The molecule has 8 nitrogen and oxygen atoms in total. The Hall–Kier alpha value is -2.89. The van der Waals surface area contributed by atoms with Gasteiger partial charge in [0, 0.05) is 16.7 Å². The minimum Gasteiger partial charge on any atom is -0.449 e. The van der Waals surface area contributed by atoms with Gasteiger partial charge in [0.15, 0.2) is 5.82 Å². The van der Waals surface area contributed by atoms with E-state index < -0.39 is 24.2 Å². The molecule has 2 aromatic heterocycles. The molecule has 1 amide bonds. The van der Waals surface area contributed by atoms with E-state index in [2.05, 4.69) is 15.5 Å². The first kappa shape index (κ1) is 23.5. The third-order valence-electron chi connectivity index (χ3n) is 7.77. The third kappa shape index (κ3) is 4.18. The van der Waals surface area contributed by atoms with Crippen LogP contribution in [0.2, 0.25) is 0 Å². The Kier molecular flexibility index (Phi) is 5.62. The zero-order valence-corrected chi connectivity index (χ0v) is 20.0. The second-order valence-corrected chi connectivity index (χ2v) is 11.2. The third-order valence-corrected chi connectivity index (χ3v) is 8.94. The minimum atomic E-state index is -4.30. The molecule has 192 valence electrons. The van der Waals surface area contributed by atoms with E-state index in [0.717, 1.165) is 49.9 Å². The molecule has 5 aliphatic rings. The van der Waals surface area contributed by atoms with Crippen LogP contribution in [0.5, 0.6) is 0 Å². The summed E-state index contributed by atoms with van der Waals surface area (Å²) in [5.41, 5.74) is 1.49. The number of alkyl halides is 3. The van der Waals surface area contributed by atoms with Crippen LogP contribution < -0.4 is 5.32 Å². The molecule has 2 saturated carbocycles. The van der Waals surface area contributed by atoms with Crippen molar-refractivity contribution < 1.29 is 37.1 Å². The van der Waals surface area contributed by atoms with Gasteiger partial charge < -0.3 is 19.7 Å². The van der Waals surface area contributed by atoms with Gasteiger partial charge in [-0.3, -0.25) is 4.79 Å². The number of aromatic nitrogens is 2. The maximum atomic E-state index is 13.5. The van der Waals surface area contributed by atoms with Gasteiger partial charge in [0.25, 0.3) is 11.8 Å². The molecule has 7 rings (SSSR count). The number of carbonyl (C=O) groups excluding carboxylic acids is 1. The lowest BCUT2D eigenvalue weighted by molar-refractivity contribution is -0.176. The summed E-state index contributed by atoms with van der Waals surface area (Å²) in [7, 11) is 0. The van der Waals surface area contributed by atoms with Crippen LogP contribution in [-0.2, 0) is 22.4 Å². The SMILES string of the molecule is O=C(O)OC1=C(C(=O)Nc2sc3c(c2-c2nc(C4CC4)no2)CCC(C(F)(F)F)C3)C2CCC1CC2. The molecule has 1 unspecified atom stereocenters. The molecule has 0 spiro atoms. The van der Waals surface area contributed by atoms with E-state index in [4.69, 9.17) is 9.26 Å². The van der Waals surface area contributed by atoms with Crippen LogP contribution in [0.25, 0.3) is 11.5 Å². The van der Waals surface area contributed by atoms with Crippen LogP contribution >= 0.6 is 11.3 Å². The Balaban J connectivity index is 1.38. The number of ether oxygens (including phenoxy) is 1. The van der Waals surface area contributed by atoms with Crippen LogP contribution in [0.15, 0.2) is 15.9 Å². The fourth-order valence-electron chi connectivity index (χ4n) is 5.79. The summed E-state index contributed by atoms with van der Waals surface area (Å²) in [4.78, 5) is 29.9. The van der Waals surface area contributed by atoms with Crippen molar-refractivity contribution in [3.05, 3.63) is 27.6 Å². The van der Waals surface area contributed by atoms with Crippen molar-refractivity contribution in [2.45, 2.75) is 69.9 Å². The zero-order valence-electron chi connectivity index (χ0n) is 19.2. The summed E-state index contributed by atoms with van der Waals surface area (Å²) in [6, 6.07) is 0. The van der Waals surface area contributed by atoms with E-state index in [1.54, 1.807) is 0 Å². The molecule has 2 fully saturated rings. The number of carboxylic acid groups (broad SMARTS) is 1. The highest BCUT2D eigenvalue weighted by Gasteiger charge is 2.44. The van der Waals surface area contributed by atoms with Crippen LogP contribution in [0.4, 0.5) is 23.0 Å². The number of anilines is 1. The first-order valence-electron chi connectivity index (χ1n) is 12.2. The average Bonchev–Trinajstić information content (AvgIpc) is 3.46. The van der Waals surface area contributed by atoms with Crippen molar-refractivity contribution in [1.82, 2.24) is 10.1 Å². The molecule has 2 bridgehead atoms. The summed E-state index contributed by atoms with van der Waals surface area (Å²) >= 11 is 1.10. The summed E-state index contributed by atoms with van der Waals surface area (Å²) < 4.78 is 51.0. The van der Waals surface area contributed by atoms with E-state index in [-0.39, 0.29) is 48.7 Å². The van der Waals surface area contributed by atoms with Gasteiger partial charge in [-0.1, -0.05) is 5.16 Å². The molecule has 2 N–H and O–H groups in total. The summed E-state index contributed by atoms with van der Waals surface area (Å²) in [5.74, 6) is -1.02. The van der Waals surface area contributed by atoms with E-state index in [9.17, 15) is 27.9 Å². The number of fused-ring (bicyclic) bond motifs is 3. The minimum absolute atomic E-state index is 0.0528. The monoisotopic (exact) mass is 523 g/mol. The molecule has 0 radical (unpaired) electrons. The Labute approximate surface area is 207 Å². The van der Waals surface area contributed by atoms with Crippen molar-refractivity contribution >= 4 is 28.4 Å². The molecule has 0 aliphatic heterocycles. The maximum absolute atomic E-state index is 13.5. The van der Waals surface area contributed by atoms with Gasteiger partial charge in [-0.25, -0.2) is 4.79 Å². The van der Waals surface area contributed by atoms with Gasteiger partial charge >= 0.3 is 12.3 Å². The highest BCUT2D eigenvalue weighted by atomic mass is 32.1. The predicted octanol–water partition coefficient (Wildman–Crippen LogP) is 6.05. The fourth-order valence-corrected chi connectivity index (χ4v) is 7.10. The summed E-state index contributed by atoms with van der Waals surface area (Å²) in [6.07, 6.45) is -0.855. The Morgan fingerprint density at radius 1 is 1.06 bits per heavy atom. The largest absolute Gasteiger partial charge is 0.511 e. The van der Waals surface area contributed by atoms with E-state index in [0.29, 0.717) is 32.4 Å². The molecule has 12 heteroatoms. The number of allylic oxidation sites excluding steroid dienone is 1. The van der Waals surface area contributed by atoms with Crippen molar-refractivity contribution in [2.24, 2.45) is 17.8 Å². The highest BCUT2D eigenvalue weighted by molar-refractivity contribution is 7.17. The molecule has 36 heavy (non-hydrogen) atoms. The number of nitrogens with one attached hydrogen (secondary N) is 1. The molecule has 0 saturated heterocycles. The maximum Gasteiger partial charge on any atom is 0.511 e. The van der Waals surface area contributed by atoms with Gasteiger partial charge in [-0.15, -0.1) is 11.3 Å². The van der Waals surface area contributed by atoms with Crippen molar-refractivity contribution in [1.29, 1.82) is 0 Å². The number of hydrogen-bond donors (Lipinski definition) is 2. The van der Waals surface area contributed by atoms with Crippen molar-refractivity contribution in [2.75, 3.05) is 5.32 Å². The standard InChI is InChI=1S/C24H24F3N3O5S/c25-24(26,27)13-7-8-14-15(9-13)36-22(17(14)21-28-19(30-35-21)12-5-6-12)29-20(31)16-10-1-3-11(4-2-10)18(16)34-23(32)33/h10-13H,1-9H2,(H,29,31)(H,32,33). The number of rotatable bonds is 5. The summed E-state index contributed by atoms with van der Waals surface area (Å²) in [5, 5.41) is 16.5. The van der Waals surface area contributed by atoms with Gasteiger partial charge in [0.05, 0.1) is 17.1 Å². The molecular formula is C24H24F3N3O5S. The number of nitrogens with zero attached hydrogens (tertiary/aromatic N) is 2. The van der Waals surface area contributed by atoms with E-state index in [1.165, 1.54) is 0 Å². The Bertz CT molecular complexity index is 1250. The Morgan fingerprint density at radius 3 is 2.42 bits per heavy atom. The quantitative estimate of drug-likeness (QED) is 0.459. The predicted molar refractivity (Wildman–Crippen MR) is 121 cm³/mol. The number of thiophene rings is 1. The lowest BCUT2D eigenvalue weighted by Gasteiger charge is -2.37. The molecule has 2 heterocycles. The van der Waals surface area contributed by atoms with Crippen molar-refractivity contribution in [3.8, 4) is 11.5 Å². The first-order chi connectivity index (χ1) is 17.2. The van der Waals surface area contributed by atoms with E-state index >= 15 is 0 Å². The number of carbonyl (C=O) groups is 2. The highest BCUT2D eigenvalue weighted by Crippen LogP contribution is 2.50. The van der Waals surface area contributed by atoms with Crippen molar-refractivity contribution in [3.63, 3.8) is 0 Å². The molecule has 2 aromatic rings. The smallest absolute Gasteiger partial charge is 0.449 e. The number of halogens is 3. The second-order valence-electron chi connectivity index (χ2n) is 10.1.